The summed E-state index contributed by atoms with van der Waals surface area (Å²) in [6, 6.07) is 0. The number of hydrogen-bond donors (Lipinski definition) is 3. The van der Waals surface area contributed by atoms with Gasteiger partial charge in [0.05, 0.1) is 26.4 Å². The summed E-state index contributed by atoms with van der Waals surface area (Å²) < 4.78 is 68.7. The van der Waals surface area contributed by atoms with E-state index in [0.717, 1.165) is 205 Å². The summed E-state index contributed by atoms with van der Waals surface area (Å²) in [5.41, 5.74) is 0. The third-order valence-electron chi connectivity index (χ3n) is 16.2. The van der Waals surface area contributed by atoms with Crippen LogP contribution in [0.5, 0.6) is 0 Å². The molecule has 0 saturated carbocycles. The summed E-state index contributed by atoms with van der Waals surface area (Å²) >= 11 is 0. The summed E-state index contributed by atoms with van der Waals surface area (Å²) in [4.78, 5) is 73.2. The van der Waals surface area contributed by atoms with E-state index in [2.05, 4.69) is 234 Å². The number of unbranched alkanes of at least 4 members (excludes halogenated alkanes) is 15. The molecule has 0 aliphatic rings. The summed E-state index contributed by atoms with van der Waals surface area (Å²) in [6.07, 6.45) is 101. The first-order chi connectivity index (χ1) is 53.7. The zero-order chi connectivity index (χ0) is 80.3. The van der Waals surface area contributed by atoms with Gasteiger partial charge in [0.1, 0.15) is 19.3 Å². The van der Waals surface area contributed by atoms with Crippen molar-refractivity contribution in [2.75, 3.05) is 39.6 Å². The number of aliphatic hydroxyl groups is 1. The Kier molecular flexibility index (Phi) is 76.0. The van der Waals surface area contributed by atoms with Crippen LogP contribution in [0, 0.1) is 0 Å². The Morgan fingerprint density at radius 1 is 0.255 bits per heavy atom. The van der Waals surface area contributed by atoms with Crippen LogP contribution in [-0.4, -0.2) is 96.7 Å². The molecule has 19 heteroatoms. The summed E-state index contributed by atoms with van der Waals surface area (Å²) in [7, 11) is -10.0. The zero-order valence-corrected chi connectivity index (χ0v) is 69.6. The molecule has 0 bridgehead atoms. The number of aliphatic hydroxyl groups excluding tert-OH is 1. The molecular weight excluding hydrogens is 1430 g/mol. The quantitative estimate of drug-likeness (QED) is 0.0169. The van der Waals surface area contributed by atoms with Crippen molar-refractivity contribution in [3.63, 3.8) is 0 Å². The molecule has 0 rings (SSSR count). The average Bonchev–Trinajstić information content (AvgIpc) is 0.906. The fraction of sp³-hybridized carbons (Fsp3) is 0.582. The van der Waals surface area contributed by atoms with Crippen molar-refractivity contribution in [3.8, 4) is 0 Å². The van der Waals surface area contributed by atoms with Gasteiger partial charge in [0.2, 0.25) is 0 Å². The molecule has 17 nitrogen and oxygen atoms in total. The molecule has 0 aromatic rings. The molecule has 0 aromatic heterocycles. The predicted molar refractivity (Wildman–Crippen MR) is 454 cm³/mol. The Bertz CT molecular complexity index is 2900. The lowest BCUT2D eigenvalue weighted by Gasteiger charge is -2.21. The van der Waals surface area contributed by atoms with E-state index in [9.17, 15) is 43.2 Å². The molecule has 5 atom stereocenters. The van der Waals surface area contributed by atoms with Crippen molar-refractivity contribution in [2.45, 2.75) is 303 Å². The van der Waals surface area contributed by atoms with Crippen molar-refractivity contribution >= 4 is 39.5 Å². The maximum Gasteiger partial charge on any atom is 0.472 e. The molecule has 620 valence electrons. The van der Waals surface area contributed by atoms with Gasteiger partial charge in [-0.1, -0.05) is 279 Å². The van der Waals surface area contributed by atoms with Crippen LogP contribution >= 0.6 is 15.6 Å². The van der Waals surface area contributed by atoms with Gasteiger partial charge < -0.3 is 33.8 Å². The van der Waals surface area contributed by atoms with E-state index < -0.39 is 97.5 Å². The number of ether oxygens (including phenoxy) is 4. The minimum absolute atomic E-state index is 0.0493. The first kappa shape index (κ1) is 104. The molecular formula is C91H144O17P2. The number of rotatable bonds is 75. The number of phosphoric ester groups is 2. The zero-order valence-electron chi connectivity index (χ0n) is 67.8. The Hall–Kier alpha value is -6.36. The molecule has 5 unspecified atom stereocenters. The minimum atomic E-state index is -5.01. The van der Waals surface area contributed by atoms with Gasteiger partial charge in [-0.15, -0.1) is 0 Å². The first-order valence-electron chi connectivity index (χ1n) is 41.3. The molecule has 0 spiro atoms. The van der Waals surface area contributed by atoms with Crippen molar-refractivity contribution < 1.29 is 80.2 Å². The van der Waals surface area contributed by atoms with E-state index in [1.807, 2.05) is 0 Å². The molecule has 0 radical (unpaired) electrons. The van der Waals surface area contributed by atoms with Gasteiger partial charge in [-0.25, -0.2) is 9.13 Å². The van der Waals surface area contributed by atoms with Crippen LogP contribution < -0.4 is 0 Å². The lowest BCUT2D eigenvalue weighted by Crippen LogP contribution is -2.30. The highest BCUT2D eigenvalue weighted by Crippen LogP contribution is 2.45. The minimum Gasteiger partial charge on any atom is -0.462 e. The molecule has 0 aliphatic heterocycles. The summed E-state index contributed by atoms with van der Waals surface area (Å²) in [5.74, 6) is -2.31. The Balaban J connectivity index is 5.52. The van der Waals surface area contributed by atoms with Crippen molar-refractivity contribution in [1.29, 1.82) is 0 Å². The fourth-order valence-corrected chi connectivity index (χ4v) is 11.7. The van der Waals surface area contributed by atoms with E-state index in [1.54, 1.807) is 0 Å². The van der Waals surface area contributed by atoms with Gasteiger partial charge in [0.25, 0.3) is 0 Å². The monoisotopic (exact) mass is 1570 g/mol. The van der Waals surface area contributed by atoms with E-state index in [0.29, 0.717) is 25.7 Å². The van der Waals surface area contributed by atoms with E-state index in [1.165, 1.54) is 0 Å². The van der Waals surface area contributed by atoms with Crippen LogP contribution in [0.2, 0.25) is 0 Å². The van der Waals surface area contributed by atoms with Crippen LogP contribution in [0.3, 0.4) is 0 Å². The second-order valence-corrected chi connectivity index (χ2v) is 29.4. The first-order valence-corrected chi connectivity index (χ1v) is 44.3. The Morgan fingerprint density at radius 3 is 0.682 bits per heavy atom. The third-order valence-corrected chi connectivity index (χ3v) is 18.1. The summed E-state index contributed by atoms with van der Waals surface area (Å²) in [6.45, 7) is 4.28. The molecule has 110 heavy (non-hydrogen) atoms. The van der Waals surface area contributed by atoms with Gasteiger partial charge in [-0.3, -0.25) is 37.3 Å². The number of carbonyl (C=O) groups excluding carboxylic acids is 4. The topological polar surface area (TPSA) is 237 Å². The molecule has 0 amide bonds. The van der Waals surface area contributed by atoms with Crippen LogP contribution in [0.4, 0.5) is 0 Å². The van der Waals surface area contributed by atoms with Crippen molar-refractivity contribution in [1.82, 2.24) is 0 Å². The van der Waals surface area contributed by atoms with Crippen molar-refractivity contribution in [3.05, 3.63) is 207 Å². The third kappa shape index (κ3) is 79.7. The van der Waals surface area contributed by atoms with Crippen LogP contribution in [0.25, 0.3) is 0 Å². The molecule has 0 saturated heterocycles. The molecule has 0 aromatic carbocycles. The normalized spacial score (nSPS) is 14.9. The molecule has 0 fully saturated rings. The molecule has 3 N–H and O–H groups in total. The lowest BCUT2D eigenvalue weighted by molar-refractivity contribution is -0.161. The maximum absolute atomic E-state index is 13.1. The number of esters is 4. The summed E-state index contributed by atoms with van der Waals surface area (Å²) in [5, 5.41) is 10.7. The van der Waals surface area contributed by atoms with Gasteiger partial charge in [0.15, 0.2) is 12.2 Å². The number of carbonyl (C=O) groups is 4. The van der Waals surface area contributed by atoms with Crippen LogP contribution in [-0.2, 0) is 65.4 Å². The van der Waals surface area contributed by atoms with Crippen LogP contribution in [0.1, 0.15) is 285 Å². The number of phosphoric acid groups is 2. The SMILES string of the molecule is CC/C=C\C/C=C\C/C=C\C/C=C\C/C=C\CCCCCC(=O)OCC(COP(=O)(O)OCC(O)COP(=O)(O)OCC(COC(=O)CCCCCC/C=C\C/C=C\C/C=C\C/C=C\CC)OC(=O)CCCCCC/C=C\C/C=C\C/C=C\C/C=C\CC)OC(=O)CCCCCC/C=C\C/C=C\C/C=C\C/C=C\CC. The van der Waals surface area contributed by atoms with E-state index in [-0.39, 0.29) is 25.7 Å². The Morgan fingerprint density at radius 2 is 0.445 bits per heavy atom. The predicted octanol–water partition coefficient (Wildman–Crippen LogP) is 24.7. The van der Waals surface area contributed by atoms with Gasteiger partial charge in [0, 0.05) is 25.7 Å². The average molecular weight is 1570 g/mol. The standard InChI is InChI=1S/C91H144O17P2/c1-5-9-13-17-21-25-29-33-37-41-42-46-48-52-56-60-64-68-72-76-89(94)102-82-87(108-91(96)78-74-70-66-62-58-54-50-45-40-36-32-28-24-20-16-12-8-4)84-106-110(99,100)104-80-85(92)79-103-109(97,98)105-83-86(107-90(95)77-73-69-65-61-57-53-49-44-39-35-31-27-23-19-15-11-7-3)81-101-88(93)75-71-67-63-59-55-51-47-43-38-34-30-26-22-18-14-10-6-2/h9-16,21-28,33-40,42,46-47,49-54,56,85-87,92H,5-8,17-20,29-32,41,43-45,48,55,57-84H2,1-4H3,(H,97,98)(H,99,100)/b13-9-,14-10-,15-11-,16-12-,25-21-,26-22-,27-23-,28-24-,37-33-,38-34-,39-35-,40-36-,46-42-,51-47-,53-49-,54-50-,56-52-. The molecule has 0 heterocycles. The smallest absolute Gasteiger partial charge is 0.462 e. The van der Waals surface area contributed by atoms with Crippen LogP contribution in [0.15, 0.2) is 207 Å². The highest BCUT2D eigenvalue weighted by atomic mass is 31.2. The Labute approximate surface area is 665 Å². The lowest BCUT2D eigenvalue weighted by atomic mass is 10.1. The fourth-order valence-electron chi connectivity index (χ4n) is 10.1. The second kappa shape index (κ2) is 80.7. The molecule has 0 aliphatic carbocycles. The maximum atomic E-state index is 13.1. The second-order valence-electron chi connectivity index (χ2n) is 26.5. The van der Waals surface area contributed by atoms with Gasteiger partial charge >= 0.3 is 39.5 Å². The van der Waals surface area contributed by atoms with E-state index in [4.69, 9.17) is 37.0 Å². The van der Waals surface area contributed by atoms with E-state index >= 15 is 0 Å². The van der Waals surface area contributed by atoms with Gasteiger partial charge in [-0.2, -0.15) is 0 Å². The highest BCUT2D eigenvalue weighted by molar-refractivity contribution is 7.47. The highest BCUT2D eigenvalue weighted by Gasteiger charge is 2.30. The number of allylic oxidation sites excluding steroid dienone is 34. The number of hydrogen-bond acceptors (Lipinski definition) is 15. The van der Waals surface area contributed by atoms with Gasteiger partial charge in [-0.05, 0) is 186 Å². The largest absolute Gasteiger partial charge is 0.472 e. The van der Waals surface area contributed by atoms with Crippen molar-refractivity contribution in [2.24, 2.45) is 0 Å².